The van der Waals surface area contributed by atoms with Crippen molar-refractivity contribution in [2.45, 2.75) is 6.04 Å². The first-order valence-electron chi connectivity index (χ1n) is 5.89. The minimum atomic E-state index is 0.0537. The zero-order chi connectivity index (χ0) is 12.1. The lowest BCUT2D eigenvalue weighted by molar-refractivity contribution is 0.0565. The maximum Gasteiger partial charge on any atom is 0.253 e. The molecular formula is C13H18N2O2. The third-order valence-electron chi connectivity index (χ3n) is 2.86. The molecule has 0 spiro atoms. The largest absolute Gasteiger partial charge is 0.378 e. The molecule has 1 aliphatic heterocycles. The molecule has 1 N–H and O–H groups in total. The fraction of sp³-hybridized carbons (Fsp3) is 0.462. The monoisotopic (exact) mass is 234 g/mol. The quantitative estimate of drug-likeness (QED) is 0.839. The van der Waals surface area contributed by atoms with Gasteiger partial charge < -0.3 is 15.0 Å². The highest BCUT2D eigenvalue weighted by Crippen LogP contribution is 2.04. The molecule has 0 radical (unpaired) electrons. The number of hydrogen-bond donors (Lipinski definition) is 1. The summed E-state index contributed by atoms with van der Waals surface area (Å²) in [6.45, 7) is 2.96. The highest BCUT2D eigenvalue weighted by molar-refractivity contribution is 5.94. The molecule has 1 heterocycles. The molecule has 2 rings (SSSR count). The van der Waals surface area contributed by atoms with Crippen molar-refractivity contribution >= 4 is 5.91 Å². The summed E-state index contributed by atoms with van der Waals surface area (Å²) in [5, 5.41) is 3.34. The van der Waals surface area contributed by atoms with Crippen molar-refractivity contribution in [3.05, 3.63) is 35.9 Å². The van der Waals surface area contributed by atoms with Crippen LogP contribution in [0.3, 0.4) is 0 Å². The predicted octanol–water partition coefficient (Wildman–Crippen LogP) is 0.747. The van der Waals surface area contributed by atoms with Crippen LogP contribution in [-0.4, -0.2) is 50.2 Å². The van der Waals surface area contributed by atoms with Gasteiger partial charge in [-0.15, -0.1) is 0 Å². The second kappa shape index (κ2) is 5.80. The fourth-order valence-electron chi connectivity index (χ4n) is 1.95. The molecule has 92 valence electrons. The topological polar surface area (TPSA) is 41.6 Å². The molecule has 0 bridgehead atoms. The van der Waals surface area contributed by atoms with Gasteiger partial charge in [0, 0.05) is 31.7 Å². The Morgan fingerprint density at radius 1 is 1.47 bits per heavy atom. The van der Waals surface area contributed by atoms with Gasteiger partial charge >= 0.3 is 0 Å². The van der Waals surface area contributed by atoms with E-state index >= 15 is 0 Å². The van der Waals surface area contributed by atoms with Crippen LogP contribution in [0.25, 0.3) is 0 Å². The van der Waals surface area contributed by atoms with E-state index in [1.54, 1.807) is 4.90 Å². The third-order valence-corrected chi connectivity index (χ3v) is 2.86. The number of benzene rings is 1. The van der Waals surface area contributed by atoms with Gasteiger partial charge in [-0.3, -0.25) is 4.79 Å². The van der Waals surface area contributed by atoms with E-state index in [1.165, 1.54) is 0 Å². The van der Waals surface area contributed by atoms with Crippen molar-refractivity contribution in [2.75, 3.05) is 33.4 Å². The number of hydrogen-bond acceptors (Lipinski definition) is 3. The summed E-state index contributed by atoms with van der Waals surface area (Å²) in [5.74, 6) is 0.0537. The molecule has 1 saturated heterocycles. The number of ether oxygens (including phenoxy) is 1. The van der Waals surface area contributed by atoms with Gasteiger partial charge in [-0.1, -0.05) is 18.2 Å². The summed E-state index contributed by atoms with van der Waals surface area (Å²) >= 11 is 0. The molecule has 1 amide bonds. The average Bonchev–Trinajstić information content (AvgIpc) is 2.40. The summed E-state index contributed by atoms with van der Waals surface area (Å²) in [5.41, 5.74) is 0.728. The van der Waals surface area contributed by atoms with E-state index in [2.05, 4.69) is 5.32 Å². The average molecular weight is 234 g/mol. The summed E-state index contributed by atoms with van der Waals surface area (Å²) in [7, 11) is 1.83. The lowest BCUT2D eigenvalue weighted by atomic mass is 10.2. The van der Waals surface area contributed by atoms with Gasteiger partial charge in [-0.25, -0.2) is 0 Å². The van der Waals surface area contributed by atoms with Crippen molar-refractivity contribution < 1.29 is 9.53 Å². The minimum absolute atomic E-state index is 0.0537. The zero-order valence-corrected chi connectivity index (χ0v) is 10.1. The number of carbonyl (C=O) groups excluding carboxylic acids is 1. The second-order valence-electron chi connectivity index (χ2n) is 4.28. The number of nitrogens with zero attached hydrogens (tertiary/aromatic N) is 1. The van der Waals surface area contributed by atoms with Crippen molar-refractivity contribution in [1.29, 1.82) is 0 Å². The Morgan fingerprint density at radius 2 is 2.24 bits per heavy atom. The number of likely N-dealkylation sites (N-methyl/N-ethyl adjacent to an activating group) is 1. The Hall–Kier alpha value is -1.39. The maximum absolute atomic E-state index is 12.1. The van der Waals surface area contributed by atoms with Crippen LogP contribution in [0.2, 0.25) is 0 Å². The van der Waals surface area contributed by atoms with Crippen LogP contribution >= 0.6 is 0 Å². The number of rotatable bonds is 3. The van der Waals surface area contributed by atoms with E-state index < -0.39 is 0 Å². The van der Waals surface area contributed by atoms with Crippen LogP contribution in [0.15, 0.2) is 30.3 Å². The Kier molecular flexibility index (Phi) is 4.12. The smallest absolute Gasteiger partial charge is 0.253 e. The molecule has 1 aliphatic rings. The van der Waals surface area contributed by atoms with E-state index in [9.17, 15) is 4.79 Å². The maximum atomic E-state index is 12.1. The highest BCUT2D eigenvalue weighted by atomic mass is 16.5. The molecule has 4 nitrogen and oxygen atoms in total. The van der Waals surface area contributed by atoms with Gasteiger partial charge in [-0.2, -0.15) is 0 Å². The first-order valence-corrected chi connectivity index (χ1v) is 5.89. The van der Waals surface area contributed by atoms with E-state index in [1.807, 2.05) is 37.4 Å². The van der Waals surface area contributed by atoms with Crippen molar-refractivity contribution in [2.24, 2.45) is 0 Å². The molecule has 1 unspecified atom stereocenters. The van der Waals surface area contributed by atoms with Gasteiger partial charge in [0.05, 0.1) is 13.2 Å². The van der Waals surface area contributed by atoms with Crippen molar-refractivity contribution in [3.8, 4) is 0 Å². The number of nitrogens with one attached hydrogen (secondary N) is 1. The van der Waals surface area contributed by atoms with Crippen LogP contribution < -0.4 is 5.32 Å². The van der Waals surface area contributed by atoms with Crippen LogP contribution in [-0.2, 0) is 4.74 Å². The molecule has 0 saturated carbocycles. The first-order chi connectivity index (χ1) is 8.27. The number of carbonyl (C=O) groups is 1. The van der Waals surface area contributed by atoms with E-state index in [0.29, 0.717) is 13.2 Å². The SMILES string of the molecule is CN(CC1COCCN1)C(=O)c1ccccc1. The summed E-state index contributed by atoms with van der Waals surface area (Å²) in [4.78, 5) is 13.8. The van der Waals surface area contributed by atoms with Crippen LogP contribution in [0.1, 0.15) is 10.4 Å². The van der Waals surface area contributed by atoms with Crippen LogP contribution in [0, 0.1) is 0 Å². The van der Waals surface area contributed by atoms with Crippen molar-refractivity contribution in [1.82, 2.24) is 10.2 Å². The lowest BCUT2D eigenvalue weighted by Gasteiger charge is -2.28. The van der Waals surface area contributed by atoms with E-state index in [0.717, 1.165) is 18.7 Å². The van der Waals surface area contributed by atoms with E-state index in [-0.39, 0.29) is 11.9 Å². The Balaban J connectivity index is 1.91. The molecule has 1 fully saturated rings. The molecule has 0 aliphatic carbocycles. The fourth-order valence-corrected chi connectivity index (χ4v) is 1.95. The normalized spacial score (nSPS) is 19.9. The Morgan fingerprint density at radius 3 is 2.88 bits per heavy atom. The van der Waals surface area contributed by atoms with Crippen molar-refractivity contribution in [3.63, 3.8) is 0 Å². The van der Waals surface area contributed by atoms with Gasteiger partial charge in [0.2, 0.25) is 0 Å². The molecular weight excluding hydrogens is 216 g/mol. The standard InChI is InChI=1S/C13H18N2O2/c1-15(9-12-10-17-8-7-14-12)13(16)11-5-3-2-4-6-11/h2-6,12,14H,7-10H2,1H3. The molecule has 1 atom stereocenters. The van der Waals surface area contributed by atoms with Gasteiger partial charge in [-0.05, 0) is 12.1 Å². The van der Waals surface area contributed by atoms with Gasteiger partial charge in [0.15, 0.2) is 0 Å². The highest BCUT2D eigenvalue weighted by Gasteiger charge is 2.18. The third kappa shape index (κ3) is 3.28. The molecule has 4 heteroatoms. The number of amides is 1. The van der Waals surface area contributed by atoms with Gasteiger partial charge in [0.1, 0.15) is 0 Å². The first kappa shape index (κ1) is 12.1. The summed E-state index contributed by atoms with van der Waals surface area (Å²) in [6.07, 6.45) is 0. The predicted molar refractivity (Wildman–Crippen MR) is 66.0 cm³/mol. The molecule has 0 aromatic heterocycles. The summed E-state index contributed by atoms with van der Waals surface area (Å²) in [6, 6.07) is 9.58. The molecule has 17 heavy (non-hydrogen) atoms. The van der Waals surface area contributed by atoms with Crippen LogP contribution in [0.4, 0.5) is 0 Å². The Bertz CT molecular complexity index is 361. The minimum Gasteiger partial charge on any atom is -0.378 e. The van der Waals surface area contributed by atoms with Gasteiger partial charge in [0.25, 0.3) is 5.91 Å². The van der Waals surface area contributed by atoms with E-state index in [4.69, 9.17) is 4.74 Å². The summed E-state index contributed by atoms with van der Waals surface area (Å²) < 4.78 is 5.37. The molecule has 1 aromatic rings. The number of morpholine rings is 1. The Labute approximate surface area is 102 Å². The molecule has 1 aromatic carbocycles. The zero-order valence-electron chi connectivity index (χ0n) is 10.1. The lowest BCUT2D eigenvalue weighted by Crippen LogP contribution is -2.48. The second-order valence-corrected chi connectivity index (χ2v) is 4.28. The van der Waals surface area contributed by atoms with Crippen LogP contribution in [0.5, 0.6) is 0 Å².